The van der Waals surface area contributed by atoms with E-state index in [1.807, 2.05) is 39.0 Å². The fraction of sp³-hybridized carbons (Fsp3) is 0.647. The molecule has 0 aromatic carbocycles. The molecular formula is C17H27N3O4S. The molecule has 1 aliphatic heterocycles. The van der Waals surface area contributed by atoms with Crippen molar-refractivity contribution >= 4 is 15.9 Å². The first-order chi connectivity index (χ1) is 11.7. The third kappa shape index (κ3) is 5.76. The molecule has 140 valence electrons. The normalized spacial score (nSPS) is 16.6. The van der Waals surface area contributed by atoms with Crippen molar-refractivity contribution in [3.8, 4) is 0 Å². The molecule has 0 bridgehead atoms. The number of morpholine rings is 1. The molecule has 1 saturated heterocycles. The van der Waals surface area contributed by atoms with Crippen LogP contribution >= 0.6 is 0 Å². The molecular weight excluding hydrogens is 342 g/mol. The lowest BCUT2D eigenvalue weighted by molar-refractivity contribution is -0.139. The fourth-order valence-electron chi connectivity index (χ4n) is 2.59. The standard InChI is InChI=1S/C17H27N3O4S/c1-17(2,3)16(21)19(14-15-6-4-5-7-18-15)10-13-25(22,23)20-8-11-24-12-9-20/h4-7H,8-14H2,1-3H3. The summed E-state index contributed by atoms with van der Waals surface area (Å²) in [7, 11) is -3.41. The quantitative estimate of drug-likeness (QED) is 0.751. The van der Waals surface area contributed by atoms with Gasteiger partial charge in [0.05, 0.1) is 31.2 Å². The Labute approximate surface area is 150 Å². The van der Waals surface area contributed by atoms with E-state index < -0.39 is 15.4 Å². The molecule has 7 nitrogen and oxygen atoms in total. The van der Waals surface area contributed by atoms with Crippen LogP contribution in [0.3, 0.4) is 0 Å². The first-order valence-electron chi connectivity index (χ1n) is 8.45. The molecule has 0 aliphatic carbocycles. The first kappa shape index (κ1) is 19.8. The molecule has 2 heterocycles. The monoisotopic (exact) mass is 369 g/mol. The maximum Gasteiger partial charge on any atom is 0.228 e. The zero-order valence-corrected chi connectivity index (χ0v) is 16.0. The number of aromatic nitrogens is 1. The van der Waals surface area contributed by atoms with E-state index in [-0.39, 0.29) is 18.2 Å². The Morgan fingerprint density at radius 2 is 1.96 bits per heavy atom. The molecule has 1 aromatic rings. The lowest BCUT2D eigenvalue weighted by atomic mass is 9.94. The van der Waals surface area contributed by atoms with Gasteiger partial charge in [0.2, 0.25) is 15.9 Å². The molecule has 1 amide bonds. The number of hydrogen-bond acceptors (Lipinski definition) is 5. The average molecular weight is 369 g/mol. The van der Waals surface area contributed by atoms with Crippen molar-refractivity contribution in [3.05, 3.63) is 30.1 Å². The van der Waals surface area contributed by atoms with Gasteiger partial charge in [-0.05, 0) is 12.1 Å². The summed E-state index contributed by atoms with van der Waals surface area (Å²) in [6.45, 7) is 7.51. The van der Waals surface area contributed by atoms with Crippen molar-refractivity contribution in [2.75, 3.05) is 38.6 Å². The van der Waals surface area contributed by atoms with Crippen molar-refractivity contribution in [1.29, 1.82) is 0 Å². The van der Waals surface area contributed by atoms with Crippen LogP contribution in [0.2, 0.25) is 0 Å². The van der Waals surface area contributed by atoms with Crippen molar-refractivity contribution in [2.45, 2.75) is 27.3 Å². The van der Waals surface area contributed by atoms with Gasteiger partial charge >= 0.3 is 0 Å². The summed E-state index contributed by atoms with van der Waals surface area (Å²) in [5, 5.41) is 0. The van der Waals surface area contributed by atoms with Gasteiger partial charge in [-0.15, -0.1) is 0 Å². The van der Waals surface area contributed by atoms with Gasteiger partial charge in [-0.3, -0.25) is 9.78 Å². The van der Waals surface area contributed by atoms with E-state index in [0.29, 0.717) is 32.8 Å². The Morgan fingerprint density at radius 3 is 2.52 bits per heavy atom. The predicted molar refractivity (Wildman–Crippen MR) is 95.3 cm³/mol. The molecule has 0 unspecified atom stereocenters. The maximum absolute atomic E-state index is 12.7. The molecule has 0 radical (unpaired) electrons. The lowest BCUT2D eigenvalue weighted by Crippen LogP contribution is -2.46. The second-order valence-corrected chi connectivity index (χ2v) is 9.21. The second kappa shape index (κ2) is 8.25. The Kier molecular flexibility index (Phi) is 6.53. The zero-order chi connectivity index (χ0) is 18.5. The molecule has 0 saturated carbocycles. The highest BCUT2D eigenvalue weighted by atomic mass is 32.2. The van der Waals surface area contributed by atoms with Crippen LogP contribution in [-0.2, 0) is 26.1 Å². The summed E-state index contributed by atoms with van der Waals surface area (Å²) in [4.78, 5) is 18.6. The van der Waals surface area contributed by atoms with Crippen LogP contribution in [0.5, 0.6) is 0 Å². The lowest BCUT2D eigenvalue weighted by Gasteiger charge is -2.31. The smallest absolute Gasteiger partial charge is 0.228 e. The summed E-state index contributed by atoms with van der Waals surface area (Å²) in [6.07, 6.45) is 1.67. The summed E-state index contributed by atoms with van der Waals surface area (Å²) in [6, 6.07) is 5.49. The molecule has 0 spiro atoms. The third-order valence-electron chi connectivity index (χ3n) is 3.99. The van der Waals surface area contributed by atoms with Crippen molar-refractivity contribution in [3.63, 3.8) is 0 Å². The minimum Gasteiger partial charge on any atom is -0.379 e. The molecule has 8 heteroatoms. The van der Waals surface area contributed by atoms with Gasteiger partial charge in [-0.1, -0.05) is 26.8 Å². The highest BCUT2D eigenvalue weighted by molar-refractivity contribution is 7.89. The molecule has 0 N–H and O–H groups in total. The number of ether oxygens (including phenoxy) is 1. The van der Waals surface area contributed by atoms with Crippen LogP contribution in [0.25, 0.3) is 0 Å². The van der Waals surface area contributed by atoms with E-state index in [9.17, 15) is 13.2 Å². The summed E-state index contributed by atoms with van der Waals surface area (Å²) in [5.74, 6) is -0.183. The molecule has 25 heavy (non-hydrogen) atoms. The maximum atomic E-state index is 12.7. The summed E-state index contributed by atoms with van der Waals surface area (Å²) in [5.41, 5.74) is 0.154. The number of hydrogen-bond donors (Lipinski definition) is 0. The minimum absolute atomic E-state index is 0.0877. The second-order valence-electron chi connectivity index (χ2n) is 7.13. The highest BCUT2D eigenvalue weighted by Gasteiger charge is 2.30. The first-order valence-corrected chi connectivity index (χ1v) is 10.1. The van der Waals surface area contributed by atoms with Crippen LogP contribution in [-0.4, -0.2) is 67.1 Å². The van der Waals surface area contributed by atoms with Gasteiger partial charge in [-0.2, -0.15) is 4.31 Å². The topological polar surface area (TPSA) is 79.8 Å². The van der Waals surface area contributed by atoms with E-state index in [1.54, 1.807) is 11.1 Å². The Morgan fingerprint density at radius 1 is 1.28 bits per heavy atom. The van der Waals surface area contributed by atoms with Crippen LogP contribution in [0.15, 0.2) is 24.4 Å². The predicted octanol–water partition coefficient (Wildman–Crippen LogP) is 1.12. The largest absolute Gasteiger partial charge is 0.379 e. The highest BCUT2D eigenvalue weighted by Crippen LogP contribution is 2.19. The number of nitrogens with zero attached hydrogens (tertiary/aromatic N) is 3. The number of rotatable bonds is 6. The van der Waals surface area contributed by atoms with Gasteiger partial charge in [0.1, 0.15) is 0 Å². The van der Waals surface area contributed by atoms with Gasteiger partial charge in [0.15, 0.2) is 0 Å². The van der Waals surface area contributed by atoms with E-state index in [0.717, 1.165) is 5.69 Å². The Hall–Kier alpha value is -1.51. The van der Waals surface area contributed by atoms with Crippen LogP contribution in [0.4, 0.5) is 0 Å². The fourth-order valence-corrected chi connectivity index (χ4v) is 4.01. The molecule has 1 aliphatic rings. The number of carbonyl (C=O) groups is 1. The number of carbonyl (C=O) groups excluding carboxylic acids is 1. The number of pyridine rings is 1. The van der Waals surface area contributed by atoms with Crippen LogP contribution in [0, 0.1) is 5.41 Å². The Bertz CT molecular complexity index is 665. The number of sulfonamides is 1. The summed E-state index contributed by atoms with van der Waals surface area (Å²) >= 11 is 0. The Balaban J connectivity index is 2.08. The van der Waals surface area contributed by atoms with Crippen molar-refractivity contribution in [2.24, 2.45) is 5.41 Å². The van der Waals surface area contributed by atoms with E-state index in [1.165, 1.54) is 4.31 Å². The number of amides is 1. The van der Waals surface area contributed by atoms with Gasteiger partial charge < -0.3 is 9.64 Å². The van der Waals surface area contributed by atoms with Gasteiger partial charge in [0.25, 0.3) is 0 Å². The molecule has 1 fully saturated rings. The van der Waals surface area contributed by atoms with Crippen molar-refractivity contribution in [1.82, 2.24) is 14.2 Å². The minimum atomic E-state index is -3.41. The SMILES string of the molecule is CC(C)(C)C(=O)N(CCS(=O)(=O)N1CCOCC1)Cc1ccccn1. The summed E-state index contributed by atoms with van der Waals surface area (Å²) < 4.78 is 31.7. The molecule has 0 atom stereocenters. The van der Waals surface area contributed by atoms with E-state index in [2.05, 4.69) is 4.98 Å². The van der Waals surface area contributed by atoms with Crippen LogP contribution in [0.1, 0.15) is 26.5 Å². The molecule has 1 aromatic heterocycles. The van der Waals surface area contributed by atoms with Crippen LogP contribution < -0.4 is 0 Å². The van der Waals surface area contributed by atoms with E-state index >= 15 is 0 Å². The van der Waals surface area contributed by atoms with Gasteiger partial charge in [0, 0.05) is 31.2 Å². The van der Waals surface area contributed by atoms with E-state index in [4.69, 9.17) is 4.74 Å². The van der Waals surface area contributed by atoms with Crippen molar-refractivity contribution < 1.29 is 17.9 Å². The average Bonchev–Trinajstić information content (AvgIpc) is 2.59. The third-order valence-corrected chi connectivity index (χ3v) is 5.84. The molecule has 2 rings (SSSR count). The zero-order valence-electron chi connectivity index (χ0n) is 15.1. The van der Waals surface area contributed by atoms with Gasteiger partial charge in [-0.25, -0.2) is 8.42 Å².